The smallest absolute Gasteiger partial charge is 0.00926 e. The zero-order chi connectivity index (χ0) is 10.7. The van der Waals surface area contributed by atoms with Gasteiger partial charge in [0.2, 0.25) is 0 Å². The topological polar surface area (TPSA) is 15.3 Å². The van der Waals surface area contributed by atoms with Crippen molar-refractivity contribution < 1.29 is 0 Å². The summed E-state index contributed by atoms with van der Waals surface area (Å²) in [4.78, 5) is 2.73. The minimum absolute atomic E-state index is 0.806. The number of piperidine rings is 2. The summed E-state index contributed by atoms with van der Waals surface area (Å²) in [6.45, 7) is 9.98. The zero-order valence-corrected chi connectivity index (χ0v) is 10.3. The minimum atomic E-state index is 0.806. The molecule has 2 heterocycles. The standard InChI is InChI=1S/C13H26N2/c1-11-5-4-8-15(12(11)2)10-13-6-3-7-14-9-13/h11-14H,3-10H2,1-2H3. The van der Waals surface area contributed by atoms with E-state index < -0.39 is 0 Å². The number of likely N-dealkylation sites (tertiary alicyclic amines) is 1. The Bertz CT molecular complexity index is 187. The van der Waals surface area contributed by atoms with Gasteiger partial charge < -0.3 is 10.2 Å². The maximum absolute atomic E-state index is 3.52. The summed E-state index contributed by atoms with van der Waals surface area (Å²) in [7, 11) is 0. The predicted molar refractivity (Wildman–Crippen MR) is 65.0 cm³/mol. The van der Waals surface area contributed by atoms with Crippen LogP contribution in [-0.2, 0) is 0 Å². The molecule has 15 heavy (non-hydrogen) atoms. The van der Waals surface area contributed by atoms with Crippen LogP contribution in [0.15, 0.2) is 0 Å². The van der Waals surface area contributed by atoms with Gasteiger partial charge in [-0.2, -0.15) is 0 Å². The lowest BCUT2D eigenvalue weighted by atomic mass is 9.90. The summed E-state index contributed by atoms with van der Waals surface area (Å²) >= 11 is 0. The summed E-state index contributed by atoms with van der Waals surface area (Å²) in [6, 6.07) is 0.806. The van der Waals surface area contributed by atoms with Crippen molar-refractivity contribution in [3.05, 3.63) is 0 Å². The lowest BCUT2D eigenvalue weighted by Crippen LogP contribution is -2.47. The quantitative estimate of drug-likeness (QED) is 0.751. The van der Waals surface area contributed by atoms with E-state index in [1.165, 1.54) is 51.9 Å². The molecular formula is C13H26N2. The van der Waals surface area contributed by atoms with Gasteiger partial charge >= 0.3 is 0 Å². The molecule has 1 N–H and O–H groups in total. The summed E-state index contributed by atoms with van der Waals surface area (Å²) in [5.74, 6) is 1.81. The molecule has 2 fully saturated rings. The monoisotopic (exact) mass is 210 g/mol. The van der Waals surface area contributed by atoms with E-state index in [0.29, 0.717) is 0 Å². The van der Waals surface area contributed by atoms with E-state index >= 15 is 0 Å². The molecule has 3 atom stereocenters. The molecule has 88 valence electrons. The Morgan fingerprint density at radius 1 is 1.20 bits per heavy atom. The van der Waals surface area contributed by atoms with Crippen LogP contribution in [0.4, 0.5) is 0 Å². The van der Waals surface area contributed by atoms with Gasteiger partial charge in [-0.15, -0.1) is 0 Å². The van der Waals surface area contributed by atoms with Gasteiger partial charge in [0.25, 0.3) is 0 Å². The van der Waals surface area contributed by atoms with E-state index in [0.717, 1.165) is 17.9 Å². The maximum Gasteiger partial charge on any atom is 0.00926 e. The van der Waals surface area contributed by atoms with Crippen molar-refractivity contribution in [3.63, 3.8) is 0 Å². The molecule has 3 unspecified atom stereocenters. The molecule has 0 aromatic heterocycles. The first-order valence-corrected chi connectivity index (χ1v) is 6.72. The third-order valence-electron chi connectivity index (χ3n) is 4.40. The van der Waals surface area contributed by atoms with Crippen LogP contribution in [-0.4, -0.2) is 37.1 Å². The highest BCUT2D eigenvalue weighted by atomic mass is 15.2. The van der Waals surface area contributed by atoms with E-state index in [1.54, 1.807) is 0 Å². The summed E-state index contributed by atoms with van der Waals surface area (Å²) < 4.78 is 0. The molecule has 0 radical (unpaired) electrons. The van der Waals surface area contributed by atoms with Crippen molar-refractivity contribution in [2.45, 2.75) is 45.6 Å². The van der Waals surface area contributed by atoms with Gasteiger partial charge in [0.15, 0.2) is 0 Å². The molecule has 2 aliphatic rings. The molecular weight excluding hydrogens is 184 g/mol. The van der Waals surface area contributed by atoms with Crippen molar-refractivity contribution in [3.8, 4) is 0 Å². The van der Waals surface area contributed by atoms with Crippen LogP contribution < -0.4 is 5.32 Å². The van der Waals surface area contributed by atoms with Gasteiger partial charge in [-0.3, -0.25) is 0 Å². The Morgan fingerprint density at radius 3 is 2.80 bits per heavy atom. The number of nitrogens with one attached hydrogen (secondary N) is 1. The molecule has 0 bridgehead atoms. The molecule has 2 rings (SSSR count). The normalized spacial score (nSPS) is 39.2. The molecule has 2 nitrogen and oxygen atoms in total. The fraction of sp³-hybridized carbons (Fsp3) is 1.00. The SMILES string of the molecule is CC1CCCN(CC2CCCNC2)C1C. The van der Waals surface area contributed by atoms with Crippen LogP contribution in [0.5, 0.6) is 0 Å². The number of rotatable bonds is 2. The Hall–Kier alpha value is -0.0800. The second-order valence-corrected chi connectivity index (χ2v) is 5.57. The van der Waals surface area contributed by atoms with Gasteiger partial charge in [0.05, 0.1) is 0 Å². The average Bonchev–Trinajstić information content (AvgIpc) is 2.26. The average molecular weight is 210 g/mol. The Labute approximate surface area is 94.4 Å². The third kappa shape index (κ3) is 2.94. The third-order valence-corrected chi connectivity index (χ3v) is 4.40. The molecule has 2 aliphatic heterocycles. The Kier molecular flexibility index (Phi) is 4.04. The van der Waals surface area contributed by atoms with Crippen LogP contribution >= 0.6 is 0 Å². The van der Waals surface area contributed by atoms with Crippen molar-refractivity contribution in [1.82, 2.24) is 10.2 Å². The zero-order valence-electron chi connectivity index (χ0n) is 10.3. The molecule has 0 spiro atoms. The molecule has 0 saturated carbocycles. The van der Waals surface area contributed by atoms with Gasteiger partial charge in [-0.05, 0) is 64.1 Å². The highest BCUT2D eigenvalue weighted by molar-refractivity contribution is 4.81. The minimum Gasteiger partial charge on any atom is -0.316 e. The number of hydrogen-bond donors (Lipinski definition) is 1. The summed E-state index contributed by atoms with van der Waals surface area (Å²) in [5.41, 5.74) is 0. The van der Waals surface area contributed by atoms with Gasteiger partial charge in [0.1, 0.15) is 0 Å². The van der Waals surface area contributed by atoms with Crippen LogP contribution in [0.1, 0.15) is 39.5 Å². The van der Waals surface area contributed by atoms with Crippen molar-refractivity contribution in [2.75, 3.05) is 26.2 Å². The lowest BCUT2D eigenvalue weighted by Gasteiger charge is -2.40. The highest BCUT2D eigenvalue weighted by Crippen LogP contribution is 2.24. The van der Waals surface area contributed by atoms with Crippen molar-refractivity contribution in [2.24, 2.45) is 11.8 Å². The maximum atomic E-state index is 3.52. The predicted octanol–water partition coefficient (Wildman–Crippen LogP) is 2.11. The van der Waals surface area contributed by atoms with Crippen LogP contribution in [0.2, 0.25) is 0 Å². The van der Waals surface area contributed by atoms with E-state index in [2.05, 4.69) is 24.1 Å². The van der Waals surface area contributed by atoms with Crippen LogP contribution in [0, 0.1) is 11.8 Å². The lowest BCUT2D eigenvalue weighted by molar-refractivity contribution is 0.0895. The molecule has 2 heteroatoms. The van der Waals surface area contributed by atoms with E-state index in [9.17, 15) is 0 Å². The largest absolute Gasteiger partial charge is 0.316 e. The van der Waals surface area contributed by atoms with Gasteiger partial charge in [0, 0.05) is 12.6 Å². The Morgan fingerprint density at radius 2 is 2.07 bits per heavy atom. The number of nitrogens with zero attached hydrogens (tertiary/aromatic N) is 1. The second-order valence-electron chi connectivity index (χ2n) is 5.57. The second kappa shape index (κ2) is 5.31. The van der Waals surface area contributed by atoms with Gasteiger partial charge in [-0.1, -0.05) is 6.92 Å². The van der Waals surface area contributed by atoms with Crippen molar-refractivity contribution in [1.29, 1.82) is 0 Å². The Balaban J connectivity index is 1.81. The molecule has 2 saturated heterocycles. The molecule has 0 aromatic carbocycles. The van der Waals surface area contributed by atoms with Crippen molar-refractivity contribution >= 4 is 0 Å². The van der Waals surface area contributed by atoms with E-state index in [1.807, 2.05) is 0 Å². The summed E-state index contributed by atoms with van der Waals surface area (Å²) in [6.07, 6.45) is 5.65. The highest BCUT2D eigenvalue weighted by Gasteiger charge is 2.26. The van der Waals surface area contributed by atoms with E-state index in [-0.39, 0.29) is 0 Å². The van der Waals surface area contributed by atoms with E-state index in [4.69, 9.17) is 0 Å². The number of hydrogen-bond acceptors (Lipinski definition) is 2. The molecule has 0 amide bonds. The first-order chi connectivity index (χ1) is 7.27. The summed E-state index contributed by atoms with van der Waals surface area (Å²) in [5, 5.41) is 3.52. The first kappa shape index (κ1) is 11.4. The van der Waals surface area contributed by atoms with Crippen LogP contribution in [0.25, 0.3) is 0 Å². The first-order valence-electron chi connectivity index (χ1n) is 6.72. The fourth-order valence-electron chi connectivity index (χ4n) is 3.09. The molecule has 0 aliphatic carbocycles. The fourth-order valence-corrected chi connectivity index (χ4v) is 3.09. The molecule has 0 aromatic rings. The van der Waals surface area contributed by atoms with Crippen LogP contribution in [0.3, 0.4) is 0 Å². The van der Waals surface area contributed by atoms with Gasteiger partial charge in [-0.25, -0.2) is 0 Å².